The zero-order valence-corrected chi connectivity index (χ0v) is 17.8. The average Bonchev–Trinajstić information content (AvgIpc) is 2.80. The van der Waals surface area contributed by atoms with Gasteiger partial charge in [-0.15, -0.1) is 0 Å². The number of benzene rings is 2. The van der Waals surface area contributed by atoms with Crippen LogP contribution in [0.15, 0.2) is 67.0 Å². The van der Waals surface area contributed by atoms with Gasteiger partial charge in [0.25, 0.3) is 0 Å². The van der Waals surface area contributed by atoms with Crippen LogP contribution < -0.4 is 10.1 Å². The fourth-order valence-corrected chi connectivity index (χ4v) is 3.57. The maximum Gasteiger partial charge on any atom is 0.373 e. The highest BCUT2D eigenvalue weighted by molar-refractivity contribution is 5.93. The monoisotopic (exact) mass is 438 g/mol. The highest BCUT2D eigenvalue weighted by Gasteiger charge is 2.26. The van der Waals surface area contributed by atoms with Gasteiger partial charge in [-0.3, -0.25) is 15.1 Å². The first-order valence-corrected chi connectivity index (χ1v) is 10.2. The normalized spacial score (nSPS) is 11.0. The fraction of sp³-hybridized carbons (Fsp3) is 0.0833. The van der Waals surface area contributed by atoms with Gasteiger partial charge in [0.05, 0.1) is 16.1 Å². The van der Waals surface area contributed by atoms with Crippen LogP contribution in [-0.4, -0.2) is 24.9 Å². The molecule has 0 radical (unpaired) electrons. The number of anilines is 2. The molecule has 0 fully saturated rings. The van der Waals surface area contributed by atoms with Crippen molar-refractivity contribution in [1.29, 1.82) is 0 Å². The van der Waals surface area contributed by atoms with Crippen LogP contribution in [0, 0.1) is 24.0 Å². The molecule has 0 amide bonds. The van der Waals surface area contributed by atoms with Crippen molar-refractivity contribution in [3.8, 4) is 11.6 Å². The summed E-state index contributed by atoms with van der Waals surface area (Å²) in [6.07, 6.45) is 1.22. The van der Waals surface area contributed by atoms with Crippen LogP contribution in [0.2, 0.25) is 0 Å². The van der Waals surface area contributed by atoms with Crippen LogP contribution in [0.4, 0.5) is 17.2 Å². The third-order valence-corrected chi connectivity index (χ3v) is 5.11. The minimum Gasteiger partial charge on any atom is -0.431 e. The van der Waals surface area contributed by atoms with Crippen LogP contribution >= 0.6 is 0 Å². The van der Waals surface area contributed by atoms with Crippen molar-refractivity contribution in [3.05, 3.63) is 88.5 Å². The Hall–Kier alpha value is -4.66. The van der Waals surface area contributed by atoms with Gasteiger partial charge in [0.1, 0.15) is 11.8 Å². The van der Waals surface area contributed by atoms with Crippen LogP contribution in [0.1, 0.15) is 11.4 Å². The molecular formula is C24H18N6O3. The second kappa shape index (κ2) is 8.12. The lowest BCUT2D eigenvalue weighted by atomic mass is 10.1. The van der Waals surface area contributed by atoms with Crippen molar-refractivity contribution in [2.45, 2.75) is 13.8 Å². The van der Waals surface area contributed by atoms with Gasteiger partial charge in [-0.1, -0.05) is 36.4 Å². The maximum absolute atomic E-state index is 12.0. The van der Waals surface area contributed by atoms with Gasteiger partial charge in [-0.25, -0.2) is 9.97 Å². The molecule has 0 saturated heterocycles. The molecule has 1 N–H and O–H groups in total. The molecule has 0 aliphatic carbocycles. The van der Waals surface area contributed by atoms with Crippen molar-refractivity contribution in [3.63, 3.8) is 0 Å². The predicted molar refractivity (Wildman–Crippen MR) is 125 cm³/mol. The van der Waals surface area contributed by atoms with Crippen molar-refractivity contribution in [2.24, 2.45) is 0 Å². The van der Waals surface area contributed by atoms with Gasteiger partial charge in [0.15, 0.2) is 5.75 Å². The quantitative estimate of drug-likeness (QED) is 0.277. The zero-order chi connectivity index (χ0) is 22.9. The van der Waals surface area contributed by atoms with E-state index < -0.39 is 4.92 Å². The minimum atomic E-state index is -0.564. The summed E-state index contributed by atoms with van der Waals surface area (Å²) < 4.78 is 5.91. The lowest BCUT2D eigenvalue weighted by molar-refractivity contribution is -0.385. The molecule has 2 aromatic carbocycles. The largest absolute Gasteiger partial charge is 0.431 e. The number of fused-ring (bicyclic) bond motifs is 2. The number of nitro groups is 1. The molecule has 0 spiro atoms. The molecule has 0 saturated carbocycles. The first kappa shape index (κ1) is 20.3. The molecule has 9 nitrogen and oxygen atoms in total. The lowest BCUT2D eigenvalue weighted by Gasteiger charge is -2.12. The van der Waals surface area contributed by atoms with Gasteiger partial charge in [0.2, 0.25) is 5.82 Å². The first-order chi connectivity index (χ1) is 16.0. The third kappa shape index (κ3) is 3.87. The number of rotatable bonds is 5. The molecule has 9 heteroatoms. The molecule has 162 valence electrons. The molecule has 3 heterocycles. The Morgan fingerprint density at radius 3 is 2.24 bits per heavy atom. The SMILES string of the molecule is Cc1ccc2cccc(Nc3ncnc(Oc4cccc5ccc(C)nc45)c3[N+](=O)[O-])c2n1. The molecule has 0 aliphatic rings. The average molecular weight is 438 g/mol. The van der Waals surface area contributed by atoms with Gasteiger partial charge < -0.3 is 10.1 Å². The van der Waals surface area contributed by atoms with Crippen molar-refractivity contribution >= 4 is 39.0 Å². The van der Waals surface area contributed by atoms with Crippen LogP contribution in [0.25, 0.3) is 21.8 Å². The molecule has 5 rings (SSSR count). The Morgan fingerprint density at radius 1 is 0.848 bits per heavy atom. The van der Waals surface area contributed by atoms with Crippen LogP contribution in [0.5, 0.6) is 11.6 Å². The number of nitrogens with one attached hydrogen (secondary N) is 1. The van der Waals surface area contributed by atoms with Gasteiger partial charge in [-0.2, -0.15) is 4.98 Å². The standard InChI is InChI=1S/C24H18N6O3/c1-14-9-11-16-5-3-7-18(20(16)27-14)29-23-22(30(31)32)24(26-13-25-23)33-19-8-4-6-17-12-10-15(2)28-21(17)19/h3-13H,1-2H3,(H,25,26,29). The summed E-state index contributed by atoms with van der Waals surface area (Å²) in [7, 11) is 0. The number of aryl methyl sites for hydroxylation is 2. The van der Waals surface area contributed by atoms with E-state index in [9.17, 15) is 10.1 Å². The number of aromatic nitrogens is 4. The van der Waals surface area contributed by atoms with Crippen LogP contribution in [-0.2, 0) is 0 Å². The molecule has 0 bridgehead atoms. The van der Waals surface area contributed by atoms with Crippen molar-refractivity contribution < 1.29 is 9.66 Å². The van der Waals surface area contributed by atoms with E-state index in [1.165, 1.54) is 6.33 Å². The number of hydrogen-bond acceptors (Lipinski definition) is 8. The fourth-order valence-electron chi connectivity index (χ4n) is 3.57. The number of para-hydroxylation sites is 2. The van der Waals surface area contributed by atoms with E-state index in [-0.39, 0.29) is 17.4 Å². The van der Waals surface area contributed by atoms with E-state index in [2.05, 4.69) is 25.3 Å². The number of nitrogens with zero attached hydrogens (tertiary/aromatic N) is 5. The highest BCUT2D eigenvalue weighted by Crippen LogP contribution is 2.38. The number of ether oxygens (including phenoxy) is 1. The molecule has 5 aromatic rings. The van der Waals surface area contributed by atoms with Crippen molar-refractivity contribution in [2.75, 3.05) is 5.32 Å². The topological polar surface area (TPSA) is 116 Å². The highest BCUT2D eigenvalue weighted by atomic mass is 16.6. The molecular weight excluding hydrogens is 420 g/mol. The Balaban J connectivity index is 1.59. The van der Waals surface area contributed by atoms with E-state index in [0.29, 0.717) is 22.5 Å². The second-order valence-corrected chi connectivity index (χ2v) is 7.47. The maximum atomic E-state index is 12.0. The van der Waals surface area contributed by atoms with E-state index in [0.717, 1.165) is 22.2 Å². The van der Waals surface area contributed by atoms with Crippen LogP contribution in [0.3, 0.4) is 0 Å². The third-order valence-electron chi connectivity index (χ3n) is 5.11. The van der Waals surface area contributed by atoms with E-state index in [1.807, 2.05) is 56.3 Å². The zero-order valence-electron chi connectivity index (χ0n) is 17.8. The Morgan fingerprint density at radius 2 is 1.52 bits per heavy atom. The molecule has 33 heavy (non-hydrogen) atoms. The van der Waals surface area contributed by atoms with Gasteiger partial charge >= 0.3 is 11.6 Å². The summed E-state index contributed by atoms with van der Waals surface area (Å²) in [5, 5.41) is 16.8. The summed E-state index contributed by atoms with van der Waals surface area (Å²) in [4.78, 5) is 28.7. The Bertz CT molecular complexity index is 1430. The van der Waals surface area contributed by atoms with E-state index in [1.54, 1.807) is 18.2 Å². The van der Waals surface area contributed by atoms with Gasteiger partial charge in [-0.05, 0) is 38.1 Å². The van der Waals surface area contributed by atoms with E-state index in [4.69, 9.17) is 4.74 Å². The van der Waals surface area contributed by atoms with E-state index >= 15 is 0 Å². The summed E-state index contributed by atoms with van der Waals surface area (Å²) in [5.41, 5.74) is 3.11. The lowest BCUT2D eigenvalue weighted by Crippen LogP contribution is -2.04. The summed E-state index contributed by atoms with van der Waals surface area (Å²) in [6.45, 7) is 3.75. The Kier molecular flexibility index (Phi) is 4.98. The number of pyridine rings is 2. The summed E-state index contributed by atoms with van der Waals surface area (Å²) >= 11 is 0. The second-order valence-electron chi connectivity index (χ2n) is 7.47. The molecule has 0 unspecified atom stereocenters. The summed E-state index contributed by atoms with van der Waals surface area (Å²) in [5.74, 6) is 0.189. The molecule has 3 aromatic heterocycles. The smallest absolute Gasteiger partial charge is 0.373 e. The first-order valence-electron chi connectivity index (χ1n) is 10.2. The Labute approximate surface area is 188 Å². The van der Waals surface area contributed by atoms with Crippen molar-refractivity contribution in [1.82, 2.24) is 19.9 Å². The predicted octanol–water partition coefficient (Wildman–Crippen LogP) is 5.63. The molecule has 0 aliphatic heterocycles. The molecule has 0 atom stereocenters. The number of hydrogen-bond donors (Lipinski definition) is 1. The summed E-state index contributed by atoms with van der Waals surface area (Å²) in [6, 6.07) is 18.6. The van der Waals surface area contributed by atoms with Gasteiger partial charge in [0, 0.05) is 22.2 Å². The minimum absolute atomic E-state index is 0.00480.